The van der Waals surface area contributed by atoms with Gasteiger partial charge in [-0.05, 0) is 12.8 Å². The van der Waals surface area contributed by atoms with Crippen LogP contribution in [0.2, 0.25) is 0 Å². The van der Waals surface area contributed by atoms with Crippen LogP contribution >= 0.6 is 0 Å². The van der Waals surface area contributed by atoms with E-state index in [0.29, 0.717) is 6.61 Å². The van der Waals surface area contributed by atoms with Crippen molar-refractivity contribution in [2.45, 2.75) is 58.0 Å². The van der Waals surface area contributed by atoms with Crippen molar-refractivity contribution in [1.82, 2.24) is 0 Å². The van der Waals surface area contributed by atoms with Gasteiger partial charge in [0.2, 0.25) is 0 Å². The molecule has 0 aromatic rings. The fourth-order valence-corrected chi connectivity index (χ4v) is 1.81. The number of hydrogen-bond acceptors (Lipinski definition) is 3. The lowest BCUT2D eigenvalue weighted by Gasteiger charge is -2.34. The molecule has 0 aromatic heterocycles. The molecule has 1 aliphatic heterocycles. The van der Waals surface area contributed by atoms with E-state index < -0.39 is 0 Å². The lowest BCUT2D eigenvalue weighted by atomic mass is 9.89. The minimum Gasteiger partial charge on any atom is -0.206 e. The molecule has 1 unspecified atom stereocenters. The van der Waals surface area contributed by atoms with E-state index in [9.17, 15) is 0 Å². The summed E-state index contributed by atoms with van der Waals surface area (Å²) >= 11 is 0. The second-order valence-corrected chi connectivity index (χ2v) is 3.76. The van der Waals surface area contributed by atoms with Gasteiger partial charge in [0.25, 0.3) is 0 Å². The molecule has 0 N–H and O–H groups in total. The topological polar surface area (TPSA) is 27.7 Å². The standard InChI is InChI=1S/C10H20O3/c1-3-5-7-10(6-4-2)8-9-11-13-12-10/h3-9H2,1-2H3. The van der Waals surface area contributed by atoms with Crippen LogP contribution in [0.1, 0.15) is 52.4 Å². The highest BCUT2D eigenvalue weighted by molar-refractivity contribution is 4.79. The van der Waals surface area contributed by atoms with E-state index in [-0.39, 0.29) is 5.60 Å². The van der Waals surface area contributed by atoms with Gasteiger partial charge in [0, 0.05) is 6.42 Å². The van der Waals surface area contributed by atoms with Gasteiger partial charge in [0.15, 0.2) is 0 Å². The highest BCUT2D eigenvalue weighted by Gasteiger charge is 2.34. The largest absolute Gasteiger partial charge is 0.206 e. The minimum atomic E-state index is -0.0665. The van der Waals surface area contributed by atoms with E-state index in [1.54, 1.807) is 0 Å². The summed E-state index contributed by atoms with van der Waals surface area (Å²) in [6.07, 6.45) is 6.64. The van der Waals surface area contributed by atoms with Crippen molar-refractivity contribution in [1.29, 1.82) is 0 Å². The average Bonchev–Trinajstić information content (AvgIpc) is 2.17. The molecule has 1 rings (SSSR count). The van der Waals surface area contributed by atoms with E-state index in [4.69, 9.17) is 9.78 Å². The van der Waals surface area contributed by atoms with E-state index in [1.807, 2.05) is 0 Å². The first-order valence-electron chi connectivity index (χ1n) is 5.30. The Balaban J connectivity index is 2.40. The normalized spacial score (nSPS) is 29.1. The van der Waals surface area contributed by atoms with Crippen LogP contribution in [0.4, 0.5) is 0 Å². The SMILES string of the molecule is CCCCC1(CCC)CCOOO1. The van der Waals surface area contributed by atoms with Gasteiger partial charge >= 0.3 is 0 Å². The molecule has 0 radical (unpaired) electrons. The van der Waals surface area contributed by atoms with E-state index in [2.05, 4.69) is 18.9 Å². The molecule has 0 spiro atoms. The second kappa shape index (κ2) is 5.58. The fourth-order valence-electron chi connectivity index (χ4n) is 1.81. The van der Waals surface area contributed by atoms with Crippen molar-refractivity contribution < 1.29 is 14.8 Å². The predicted octanol–water partition coefficient (Wildman–Crippen LogP) is 3.00. The Labute approximate surface area is 80.2 Å². The summed E-state index contributed by atoms with van der Waals surface area (Å²) in [5.41, 5.74) is -0.0665. The maximum absolute atomic E-state index is 5.29. The zero-order valence-electron chi connectivity index (χ0n) is 8.67. The average molecular weight is 188 g/mol. The van der Waals surface area contributed by atoms with Gasteiger partial charge in [0.05, 0.1) is 6.61 Å². The molecule has 3 nitrogen and oxygen atoms in total. The first-order valence-corrected chi connectivity index (χ1v) is 5.30. The van der Waals surface area contributed by atoms with E-state index in [1.165, 1.54) is 12.8 Å². The lowest BCUT2D eigenvalue weighted by Crippen LogP contribution is -2.37. The third-order valence-corrected chi connectivity index (χ3v) is 2.59. The second-order valence-electron chi connectivity index (χ2n) is 3.76. The Hall–Kier alpha value is -0.120. The Morgan fingerprint density at radius 3 is 2.54 bits per heavy atom. The number of rotatable bonds is 5. The third kappa shape index (κ3) is 3.25. The van der Waals surface area contributed by atoms with Crippen molar-refractivity contribution in [3.05, 3.63) is 0 Å². The monoisotopic (exact) mass is 188 g/mol. The molecule has 1 aliphatic rings. The summed E-state index contributed by atoms with van der Waals surface area (Å²) < 4.78 is 0. The summed E-state index contributed by atoms with van der Waals surface area (Å²) in [5, 5.41) is 4.64. The molecule has 0 bridgehead atoms. The van der Waals surface area contributed by atoms with Gasteiger partial charge in [-0.3, -0.25) is 0 Å². The molecule has 1 atom stereocenters. The van der Waals surface area contributed by atoms with Crippen LogP contribution < -0.4 is 0 Å². The van der Waals surface area contributed by atoms with Gasteiger partial charge in [-0.1, -0.05) is 38.1 Å². The van der Waals surface area contributed by atoms with Crippen LogP contribution in [-0.4, -0.2) is 12.2 Å². The van der Waals surface area contributed by atoms with Crippen molar-refractivity contribution in [3.8, 4) is 0 Å². The first kappa shape index (κ1) is 11.0. The lowest BCUT2D eigenvalue weighted by molar-refractivity contribution is -0.570. The minimum absolute atomic E-state index is 0.0665. The van der Waals surface area contributed by atoms with Crippen LogP contribution in [0, 0.1) is 0 Å². The molecule has 1 fully saturated rings. The van der Waals surface area contributed by atoms with Crippen molar-refractivity contribution in [3.63, 3.8) is 0 Å². The summed E-state index contributed by atoms with van der Waals surface area (Å²) in [7, 11) is 0. The summed E-state index contributed by atoms with van der Waals surface area (Å²) in [6.45, 7) is 5.02. The van der Waals surface area contributed by atoms with Gasteiger partial charge in [-0.25, -0.2) is 4.89 Å². The highest BCUT2D eigenvalue weighted by atomic mass is 17.5. The molecule has 1 heterocycles. The molecule has 0 aromatic carbocycles. The number of hydrogen-bond donors (Lipinski definition) is 0. The van der Waals surface area contributed by atoms with Gasteiger partial charge in [-0.2, -0.15) is 4.89 Å². The summed E-state index contributed by atoms with van der Waals surface area (Å²) in [6, 6.07) is 0. The Morgan fingerprint density at radius 2 is 2.00 bits per heavy atom. The Morgan fingerprint density at radius 1 is 1.15 bits per heavy atom. The van der Waals surface area contributed by atoms with E-state index in [0.717, 1.165) is 25.7 Å². The maximum atomic E-state index is 5.29. The van der Waals surface area contributed by atoms with Gasteiger partial charge < -0.3 is 0 Å². The van der Waals surface area contributed by atoms with Gasteiger partial charge in [0.1, 0.15) is 5.60 Å². The Kier molecular flexibility index (Phi) is 4.70. The molecular weight excluding hydrogens is 168 g/mol. The van der Waals surface area contributed by atoms with E-state index >= 15 is 0 Å². The molecule has 3 heteroatoms. The molecule has 13 heavy (non-hydrogen) atoms. The van der Waals surface area contributed by atoms with Gasteiger partial charge in [-0.15, -0.1) is 0 Å². The fraction of sp³-hybridized carbons (Fsp3) is 1.00. The van der Waals surface area contributed by atoms with Crippen molar-refractivity contribution >= 4 is 0 Å². The number of unbranched alkanes of at least 4 members (excludes halogenated alkanes) is 1. The molecular formula is C10H20O3. The maximum Gasteiger partial charge on any atom is 0.109 e. The van der Waals surface area contributed by atoms with Crippen LogP contribution in [0.25, 0.3) is 0 Å². The van der Waals surface area contributed by atoms with Crippen LogP contribution in [0.5, 0.6) is 0 Å². The van der Waals surface area contributed by atoms with Crippen LogP contribution in [-0.2, 0) is 14.8 Å². The summed E-state index contributed by atoms with van der Waals surface area (Å²) in [4.78, 5) is 10.0. The first-order chi connectivity index (χ1) is 6.33. The smallest absolute Gasteiger partial charge is 0.109 e. The molecule has 0 amide bonds. The predicted molar refractivity (Wildman–Crippen MR) is 49.9 cm³/mol. The Bertz CT molecular complexity index is 125. The zero-order chi connectivity index (χ0) is 9.57. The molecule has 0 saturated carbocycles. The van der Waals surface area contributed by atoms with Crippen molar-refractivity contribution in [2.24, 2.45) is 0 Å². The molecule has 0 aliphatic carbocycles. The van der Waals surface area contributed by atoms with Crippen molar-refractivity contribution in [2.75, 3.05) is 6.61 Å². The van der Waals surface area contributed by atoms with Crippen LogP contribution in [0.3, 0.4) is 0 Å². The molecule has 78 valence electrons. The zero-order valence-corrected chi connectivity index (χ0v) is 8.67. The third-order valence-electron chi connectivity index (χ3n) is 2.59. The van der Waals surface area contributed by atoms with Crippen LogP contribution in [0.15, 0.2) is 0 Å². The molecule has 1 saturated heterocycles. The summed E-state index contributed by atoms with van der Waals surface area (Å²) in [5.74, 6) is 0. The highest BCUT2D eigenvalue weighted by Crippen LogP contribution is 2.31. The quantitative estimate of drug-likeness (QED) is 0.621.